The van der Waals surface area contributed by atoms with Crippen LogP contribution in [0.4, 0.5) is 11.5 Å². The van der Waals surface area contributed by atoms with Crippen LogP contribution in [0.2, 0.25) is 5.02 Å². The van der Waals surface area contributed by atoms with E-state index < -0.39 is 5.91 Å². The molecule has 0 atom stereocenters. The lowest BCUT2D eigenvalue weighted by molar-refractivity contribution is 0.100. The number of benzene rings is 2. The molecule has 0 saturated heterocycles. The largest absolute Gasteiger partial charge is 0.366 e. The number of nitrogens with one attached hydrogen (secondary N) is 1. The van der Waals surface area contributed by atoms with E-state index in [1.54, 1.807) is 55.0 Å². The third-order valence-corrected chi connectivity index (χ3v) is 4.13. The molecule has 8 heteroatoms. The number of aromatic nitrogens is 4. The molecule has 0 spiro atoms. The van der Waals surface area contributed by atoms with Gasteiger partial charge in [-0.05, 0) is 30.3 Å². The third kappa shape index (κ3) is 3.40. The van der Waals surface area contributed by atoms with Crippen molar-refractivity contribution in [3.8, 4) is 11.5 Å². The smallest absolute Gasteiger partial charge is 0.250 e. The van der Waals surface area contributed by atoms with Gasteiger partial charge >= 0.3 is 0 Å². The minimum atomic E-state index is -0.534. The number of amides is 1. The lowest BCUT2D eigenvalue weighted by atomic mass is 10.1. The molecule has 2 aromatic heterocycles. The first-order chi connectivity index (χ1) is 13.1. The molecule has 132 valence electrons. The van der Waals surface area contributed by atoms with E-state index in [1.807, 2.05) is 6.07 Å². The molecule has 0 fully saturated rings. The molecule has 1 amide bonds. The van der Waals surface area contributed by atoms with Crippen molar-refractivity contribution in [3.05, 3.63) is 71.6 Å². The van der Waals surface area contributed by atoms with Gasteiger partial charge < -0.3 is 11.1 Å². The number of carbonyl (C=O) groups is 1. The van der Waals surface area contributed by atoms with Crippen LogP contribution in [0.3, 0.4) is 0 Å². The van der Waals surface area contributed by atoms with Crippen LogP contribution in [-0.4, -0.2) is 25.8 Å². The predicted octanol–water partition coefficient (Wildman–Crippen LogP) is 3.58. The number of para-hydroxylation sites is 1. The number of carbonyl (C=O) groups excluding carboxylic acids is 1. The molecule has 4 rings (SSSR count). The summed E-state index contributed by atoms with van der Waals surface area (Å²) in [4.78, 5) is 29.1. The number of halogens is 1. The van der Waals surface area contributed by atoms with E-state index in [2.05, 4.69) is 25.3 Å². The molecular formula is C19H13ClN6O. The number of hydrogen-bond acceptors (Lipinski definition) is 6. The second-order valence-electron chi connectivity index (χ2n) is 5.68. The van der Waals surface area contributed by atoms with Gasteiger partial charge in [0.2, 0.25) is 0 Å². The highest BCUT2D eigenvalue weighted by molar-refractivity contribution is 6.31. The van der Waals surface area contributed by atoms with Crippen molar-refractivity contribution in [2.45, 2.75) is 0 Å². The van der Waals surface area contributed by atoms with Crippen LogP contribution in [0.5, 0.6) is 0 Å². The first-order valence-electron chi connectivity index (χ1n) is 8.01. The molecule has 0 saturated carbocycles. The molecule has 3 N–H and O–H groups in total. The van der Waals surface area contributed by atoms with Crippen molar-refractivity contribution in [1.29, 1.82) is 0 Å². The molecule has 2 heterocycles. The first-order valence-corrected chi connectivity index (χ1v) is 8.39. The SMILES string of the molecule is NC(=O)c1ccccc1Nc1nc(-c2cnccn2)nc2cc(Cl)ccc12. The van der Waals surface area contributed by atoms with Crippen LogP contribution in [0.15, 0.2) is 61.1 Å². The molecule has 27 heavy (non-hydrogen) atoms. The van der Waals surface area contributed by atoms with Gasteiger partial charge in [-0.25, -0.2) is 15.0 Å². The average molecular weight is 377 g/mol. The Morgan fingerprint density at radius 3 is 2.70 bits per heavy atom. The van der Waals surface area contributed by atoms with Gasteiger partial charge in [-0.1, -0.05) is 23.7 Å². The summed E-state index contributed by atoms with van der Waals surface area (Å²) in [6.07, 6.45) is 4.72. The normalized spacial score (nSPS) is 10.7. The molecule has 0 aliphatic heterocycles. The highest BCUT2D eigenvalue weighted by Crippen LogP contribution is 2.29. The standard InChI is InChI=1S/C19H13ClN6O/c20-11-5-6-13-15(9-11)25-19(16-10-22-7-8-23-16)26-18(13)24-14-4-2-1-3-12(14)17(21)27/h1-10H,(H2,21,27)(H,24,25,26). The van der Waals surface area contributed by atoms with E-state index in [-0.39, 0.29) is 0 Å². The van der Waals surface area contributed by atoms with Crippen molar-refractivity contribution in [1.82, 2.24) is 19.9 Å². The molecule has 0 bridgehead atoms. The Kier molecular flexibility index (Phi) is 4.35. The fourth-order valence-corrected chi connectivity index (χ4v) is 2.83. The number of rotatable bonds is 4. The second-order valence-corrected chi connectivity index (χ2v) is 6.12. The van der Waals surface area contributed by atoms with Gasteiger partial charge in [-0.15, -0.1) is 0 Å². The summed E-state index contributed by atoms with van der Waals surface area (Å²) >= 11 is 6.13. The van der Waals surface area contributed by atoms with Gasteiger partial charge in [0.05, 0.1) is 23.0 Å². The Morgan fingerprint density at radius 2 is 1.93 bits per heavy atom. The van der Waals surface area contributed by atoms with Crippen LogP contribution in [0.1, 0.15) is 10.4 Å². The number of primary amides is 1. The molecule has 0 radical (unpaired) electrons. The molecular weight excluding hydrogens is 364 g/mol. The van der Waals surface area contributed by atoms with E-state index >= 15 is 0 Å². The van der Waals surface area contributed by atoms with E-state index in [9.17, 15) is 4.79 Å². The maximum absolute atomic E-state index is 11.7. The van der Waals surface area contributed by atoms with E-state index in [1.165, 1.54) is 0 Å². The molecule has 4 aromatic rings. The highest BCUT2D eigenvalue weighted by atomic mass is 35.5. The summed E-state index contributed by atoms with van der Waals surface area (Å²) in [5.41, 5.74) is 7.54. The number of fused-ring (bicyclic) bond motifs is 1. The average Bonchev–Trinajstić information content (AvgIpc) is 2.68. The summed E-state index contributed by atoms with van der Waals surface area (Å²) < 4.78 is 0. The Labute approximate surface area is 159 Å². The van der Waals surface area contributed by atoms with Gasteiger partial charge in [0.15, 0.2) is 5.82 Å². The van der Waals surface area contributed by atoms with Crippen molar-refractivity contribution in [2.24, 2.45) is 5.73 Å². The van der Waals surface area contributed by atoms with Gasteiger partial charge in [-0.3, -0.25) is 9.78 Å². The fourth-order valence-electron chi connectivity index (χ4n) is 2.66. The minimum absolute atomic E-state index is 0.360. The summed E-state index contributed by atoms with van der Waals surface area (Å²) in [5.74, 6) is 0.358. The summed E-state index contributed by atoms with van der Waals surface area (Å²) in [6.45, 7) is 0. The van der Waals surface area contributed by atoms with Crippen molar-refractivity contribution in [3.63, 3.8) is 0 Å². The van der Waals surface area contributed by atoms with Crippen LogP contribution in [0, 0.1) is 0 Å². The van der Waals surface area contributed by atoms with Crippen LogP contribution in [0.25, 0.3) is 22.4 Å². The third-order valence-electron chi connectivity index (χ3n) is 3.90. The monoisotopic (exact) mass is 376 g/mol. The van der Waals surface area contributed by atoms with Gasteiger partial charge in [0.1, 0.15) is 11.5 Å². The molecule has 7 nitrogen and oxygen atoms in total. The molecule has 0 unspecified atom stereocenters. The number of anilines is 2. The van der Waals surface area contributed by atoms with Crippen molar-refractivity contribution >= 4 is 39.9 Å². The zero-order valence-electron chi connectivity index (χ0n) is 13.9. The first kappa shape index (κ1) is 16.9. The Bertz CT molecular complexity index is 1150. The quantitative estimate of drug-likeness (QED) is 0.563. The van der Waals surface area contributed by atoms with Gasteiger partial charge in [-0.2, -0.15) is 0 Å². The zero-order chi connectivity index (χ0) is 18.8. The molecule has 0 aliphatic carbocycles. The Hall–Kier alpha value is -3.58. The van der Waals surface area contributed by atoms with Crippen LogP contribution in [-0.2, 0) is 0 Å². The van der Waals surface area contributed by atoms with Crippen LogP contribution >= 0.6 is 11.6 Å². The van der Waals surface area contributed by atoms with E-state index in [0.29, 0.717) is 39.1 Å². The summed E-state index contributed by atoms with van der Waals surface area (Å²) in [6, 6.07) is 12.3. The van der Waals surface area contributed by atoms with Crippen molar-refractivity contribution in [2.75, 3.05) is 5.32 Å². The summed E-state index contributed by atoms with van der Waals surface area (Å²) in [5, 5.41) is 4.48. The Morgan fingerprint density at radius 1 is 1.07 bits per heavy atom. The number of hydrogen-bond donors (Lipinski definition) is 2. The van der Waals surface area contributed by atoms with E-state index in [4.69, 9.17) is 17.3 Å². The lowest BCUT2D eigenvalue weighted by Crippen LogP contribution is -2.13. The maximum atomic E-state index is 11.7. The topological polar surface area (TPSA) is 107 Å². The molecule has 0 aliphatic rings. The lowest BCUT2D eigenvalue weighted by Gasteiger charge is -2.13. The number of nitrogens with two attached hydrogens (primary N) is 1. The Balaban J connectivity index is 1.90. The second kappa shape index (κ2) is 6.97. The highest BCUT2D eigenvalue weighted by Gasteiger charge is 2.14. The predicted molar refractivity (Wildman–Crippen MR) is 104 cm³/mol. The maximum Gasteiger partial charge on any atom is 0.250 e. The minimum Gasteiger partial charge on any atom is -0.366 e. The van der Waals surface area contributed by atoms with Crippen molar-refractivity contribution < 1.29 is 4.79 Å². The zero-order valence-corrected chi connectivity index (χ0v) is 14.7. The van der Waals surface area contributed by atoms with Gasteiger partial charge in [0, 0.05) is 22.8 Å². The number of nitrogens with zero attached hydrogens (tertiary/aromatic N) is 4. The fraction of sp³-hybridized carbons (Fsp3) is 0. The molecule has 2 aromatic carbocycles. The van der Waals surface area contributed by atoms with Gasteiger partial charge in [0.25, 0.3) is 5.91 Å². The van der Waals surface area contributed by atoms with Crippen LogP contribution < -0.4 is 11.1 Å². The van der Waals surface area contributed by atoms with E-state index in [0.717, 1.165) is 5.39 Å². The summed E-state index contributed by atoms with van der Waals surface area (Å²) in [7, 11) is 0.